The van der Waals surface area contributed by atoms with E-state index in [0.717, 1.165) is 17.9 Å². The molecule has 2 nitrogen and oxygen atoms in total. The maximum Gasteiger partial charge on any atom is 0.0666 e. The van der Waals surface area contributed by atoms with Crippen LogP contribution in [-0.2, 0) is 6.54 Å². The highest BCUT2D eigenvalue weighted by Crippen LogP contribution is 2.18. The fourth-order valence-corrected chi connectivity index (χ4v) is 2.50. The van der Waals surface area contributed by atoms with Crippen molar-refractivity contribution in [2.45, 2.75) is 26.3 Å². The molecule has 0 bridgehead atoms. The molecule has 0 saturated carbocycles. The van der Waals surface area contributed by atoms with E-state index < -0.39 is 0 Å². The minimum Gasteiger partial charge on any atom is -0.261 e. The van der Waals surface area contributed by atoms with E-state index in [2.05, 4.69) is 85.3 Å². The minimum absolute atomic E-state index is 0.427. The third kappa shape index (κ3) is 3.98. The Bertz CT molecular complexity index is 768. The van der Waals surface area contributed by atoms with Crippen LogP contribution in [0.2, 0.25) is 0 Å². The average Bonchev–Trinajstić information content (AvgIpc) is 2.98. The molecule has 0 aliphatic rings. The van der Waals surface area contributed by atoms with Crippen molar-refractivity contribution in [3.05, 3.63) is 89.2 Å². The summed E-state index contributed by atoms with van der Waals surface area (Å²) in [4.78, 5) is 0. The van der Waals surface area contributed by atoms with Gasteiger partial charge >= 0.3 is 0 Å². The van der Waals surface area contributed by atoms with E-state index in [-0.39, 0.29) is 0 Å². The van der Waals surface area contributed by atoms with E-state index >= 15 is 0 Å². The van der Waals surface area contributed by atoms with Gasteiger partial charge in [-0.15, -0.1) is 0 Å². The number of aromatic nitrogens is 2. The van der Waals surface area contributed by atoms with Crippen molar-refractivity contribution >= 4 is 12.2 Å². The van der Waals surface area contributed by atoms with E-state index in [1.165, 1.54) is 11.1 Å². The summed E-state index contributed by atoms with van der Waals surface area (Å²) in [5.74, 6) is 0.427. The maximum absolute atomic E-state index is 4.78. The lowest BCUT2D eigenvalue weighted by Gasteiger charge is -2.05. The van der Waals surface area contributed by atoms with E-state index in [4.69, 9.17) is 5.10 Å². The summed E-state index contributed by atoms with van der Waals surface area (Å²) < 4.78 is 2.09. The van der Waals surface area contributed by atoms with Gasteiger partial charge in [-0.05, 0) is 29.2 Å². The second-order valence-corrected chi connectivity index (χ2v) is 6.04. The zero-order valence-electron chi connectivity index (χ0n) is 13.7. The molecule has 0 saturated heterocycles. The summed E-state index contributed by atoms with van der Waals surface area (Å²) in [5, 5.41) is 4.78. The predicted octanol–water partition coefficient (Wildman–Crippen LogP) is 5.23. The molecule has 3 aromatic rings. The average molecular weight is 302 g/mol. The topological polar surface area (TPSA) is 17.8 Å². The van der Waals surface area contributed by atoms with Crippen molar-refractivity contribution in [1.29, 1.82) is 0 Å². The number of hydrogen-bond acceptors (Lipinski definition) is 1. The molecule has 0 aliphatic carbocycles. The second kappa shape index (κ2) is 7.10. The van der Waals surface area contributed by atoms with Gasteiger partial charge in [0, 0.05) is 0 Å². The van der Waals surface area contributed by atoms with E-state index in [1.54, 1.807) is 0 Å². The first-order chi connectivity index (χ1) is 11.2. The molecule has 0 radical (unpaired) electrons. The Hall–Kier alpha value is -2.61. The van der Waals surface area contributed by atoms with Crippen LogP contribution in [0.1, 0.15) is 42.3 Å². The van der Waals surface area contributed by atoms with Crippen molar-refractivity contribution in [3.63, 3.8) is 0 Å². The molecule has 2 heteroatoms. The van der Waals surface area contributed by atoms with Gasteiger partial charge in [0.05, 0.1) is 17.9 Å². The molecule has 1 heterocycles. The Morgan fingerprint density at radius 3 is 2.22 bits per heavy atom. The van der Waals surface area contributed by atoms with Crippen LogP contribution < -0.4 is 0 Å². The van der Waals surface area contributed by atoms with Gasteiger partial charge in [0.2, 0.25) is 0 Å². The zero-order valence-corrected chi connectivity index (χ0v) is 13.7. The van der Waals surface area contributed by atoms with Crippen LogP contribution in [0.5, 0.6) is 0 Å². The Morgan fingerprint density at radius 1 is 0.913 bits per heavy atom. The Labute approximate surface area is 138 Å². The first-order valence-electron chi connectivity index (χ1n) is 8.07. The van der Waals surface area contributed by atoms with Gasteiger partial charge in [0.15, 0.2) is 0 Å². The zero-order chi connectivity index (χ0) is 16.1. The summed E-state index contributed by atoms with van der Waals surface area (Å²) >= 11 is 0. The summed E-state index contributed by atoms with van der Waals surface area (Å²) in [6.07, 6.45) is 4.29. The van der Waals surface area contributed by atoms with Crippen molar-refractivity contribution in [2.75, 3.05) is 0 Å². The lowest BCUT2D eigenvalue weighted by Crippen LogP contribution is -2.04. The van der Waals surface area contributed by atoms with Crippen LogP contribution in [0.15, 0.2) is 66.7 Å². The fourth-order valence-electron chi connectivity index (χ4n) is 2.50. The molecular formula is C21H22N2. The normalized spacial score (nSPS) is 11.4. The van der Waals surface area contributed by atoms with Gasteiger partial charge in [-0.2, -0.15) is 5.10 Å². The van der Waals surface area contributed by atoms with Crippen LogP contribution >= 0.6 is 0 Å². The van der Waals surface area contributed by atoms with Crippen LogP contribution in [0, 0.1) is 0 Å². The molecule has 2 aromatic carbocycles. The number of benzene rings is 2. The highest BCUT2D eigenvalue weighted by molar-refractivity contribution is 5.68. The van der Waals surface area contributed by atoms with Gasteiger partial charge in [0.1, 0.15) is 0 Å². The Balaban J connectivity index is 1.90. The molecule has 0 spiro atoms. The lowest BCUT2D eigenvalue weighted by atomic mass is 10.1. The quantitative estimate of drug-likeness (QED) is 0.631. The first-order valence-corrected chi connectivity index (χ1v) is 8.07. The predicted molar refractivity (Wildman–Crippen MR) is 97.2 cm³/mol. The van der Waals surface area contributed by atoms with Crippen molar-refractivity contribution in [1.82, 2.24) is 9.78 Å². The lowest BCUT2D eigenvalue weighted by molar-refractivity contribution is 0.653. The molecule has 0 fully saturated rings. The fraction of sp³-hybridized carbons (Fsp3) is 0.190. The van der Waals surface area contributed by atoms with E-state index in [0.29, 0.717) is 5.92 Å². The summed E-state index contributed by atoms with van der Waals surface area (Å²) in [6.45, 7) is 5.15. The Kier molecular flexibility index (Phi) is 4.72. The molecule has 0 N–H and O–H groups in total. The van der Waals surface area contributed by atoms with Gasteiger partial charge in [-0.3, -0.25) is 4.68 Å². The van der Waals surface area contributed by atoms with Crippen LogP contribution in [0.25, 0.3) is 12.2 Å². The monoisotopic (exact) mass is 302 g/mol. The summed E-state index contributed by atoms with van der Waals surface area (Å²) in [5.41, 5.74) is 4.74. The van der Waals surface area contributed by atoms with Crippen molar-refractivity contribution in [3.8, 4) is 0 Å². The molecule has 0 atom stereocenters. The largest absolute Gasteiger partial charge is 0.261 e. The Morgan fingerprint density at radius 2 is 1.57 bits per heavy atom. The van der Waals surface area contributed by atoms with Gasteiger partial charge < -0.3 is 0 Å². The molecule has 0 amide bonds. The van der Waals surface area contributed by atoms with Gasteiger partial charge in [-0.1, -0.05) is 80.6 Å². The maximum atomic E-state index is 4.78. The van der Waals surface area contributed by atoms with E-state index in [9.17, 15) is 0 Å². The highest BCUT2D eigenvalue weighted by Gasteiger charge is 2.09. The van der Waals surface area contributed by atoms with Crippen molar-refractivity contribution < 1.29 is 0 Å². The SMILES string of the molecule is CC(C)c1cc(/C=C/c2ccccc2)n(Cc2ccccc2)n1. The molecular weight excluding hydrogens is 280 g/mol. The molecule has 0 aliphatic heterocycles. The number of hydrogen-bond donors (Lipinski definition) is 0. The smallest absolute Gasteiger partial charge is 0.0666 e. The van der Waals surface area contributed by atoms with E-state index in [1.807, 2.05) is 12.1 Å². The minimum atomic E-state index is 0.427. The van der Waals surface area contributed by atoms with Gasteiger partial charge in [0.25, 0.3) is 0 Å². The number of nitrogens with zero attached hydrogens (tertiary/aromatic N) is 2. The molecule has 23 heavy (non-hydrogen) atoms. The summed E-state index contributed by atoms with van der Waals surface area (Å²) in [7, 11) is 0. The van der Waals surface area contributed by atoms with Crippen molar-refractivity contribution in [2.24, 2.45) is 0 Å². The highest BCUT2D eigenvalue weighted by atomic mass is 15.3. The van der Waals surface area contributed by atoms with Crippen LogP contribution in [0.4, 0.5) is 0 Å². The van der Waals surface area contributed by atoms with Crippen LogP contribution in [-0.4, -0.2) is 9.78 Å². The standard InChI is InChI=1S/C21H22N2/c1-17(2)21-15-20(14-13-18-9-5-3-6-10-18)23(22-21)16-19-11-7-4-8-12-19/h3-15,17H,16H2,1-2H3/b14-13+. The first kappa shape index (κ1) is 15.3. The van der Waals surface area contributed by atoms with Crippen LogP contribution in [0.3, 0.4) is 0 Å². The molecule has 0 unspecified atom stereocenters. The number of rotatable bonds is 5. The third-order valence-corrected chi connectivity index (χ3v) is 3.84. The van der Waals surface area contributed by atoms with Gasteiger partial charge in [-0.25, -0.2) is 0 Å². The molecule has 116 valence electrons. The third-order valence-electron chi connectivity index (χ3n) is 3.84. The second-order valence-electron chi connectivity index (χ2n) is 6.04. The molecule has 1 aromatic heterocycles. The summed E-state index contributed by atoms with van der Waals surface area (Å²) in [6, 6.07) is 23.0. The molecule has 3 rings (SSSR count).